The van der Waals surface area contributed by atoms with Gasteiger partial charge in [-0.15, -0.1) is 0 Å². The van der Waals surface area contributed by atoms with Crippen LogP contribution in [0.15, 0.2) is 36.2 Å². The van der Waals surface area contributed by atoms with Crippen LogP contribution < -0.4 is 5.32 Å². The van der Waals surface area contributed by atoms with Gasteiger partial charge in [0.15, 0.2) is 0 Å². The zero-order valence-corrected chi connectivity index (χ0v) is 19.4. The Morgan fingerprint density at radius 1 is 1.23 bits per heavy atom. The standard InChI is InChI=1S/C26H42N2O2/c1-5-26(14-8-6-9-15-26)16-10-7-11-17-28-18-12-13-24(22(28)4)25(30)27-23(20-29)19-21(2)3/h12-13,18,20-21,23H,4-11,14-17,19H2,1-3H3,(H,27,30)/t23-/m0/s1. The van der Waals surface area contributed by atoms with E-state index in [2.05, 4.69) is 23.7 Å². The van der Waals surface area contributed by atoms with E-state index in [0.29, 0.717) is 23.3 Å². The van der Waals surface area contributed by atoms with Gasteiger partial charge in [0.25, 0.3) is 5.91 Å². The van der Waals surface area contributed by atoms with Crippen LogP contribution in [0.4, 0.5) is 0 Å². The molecule has 0 aromatic rings. The molecule has 1 atom stereocenters. The lowest BCUT2D eigenvalue weighted by molar-refractivity contribution is -0.121. The zero-order valence-electron chi connectivity index (χ0n) is 19.4. The van der Waals surface area contributed by atoms with Crippen LogP contribution in [0, 0.1) is 11.3 Å². The molecule has 1 amide bonds. The summed E-state index contributed by atoms with van der Waals surface area (Å²) in [5.41, 5.74) is 1.88. The first kappa shape index (κ1) is 24.4. The van der Waals surface area contributed by atoms with Crippen molar-refractivity contribution in [2.24, 2.45) is 11.3 Å². The van der Waals surface area contributed by atoms with Gasteiger partial charge in [-0.2, -0.15) is 0 Å². The van der Waals surface area contributed by atoms with Crippen LogP contribution in [0.1, 0.15) is 91.4 Å². The summed E-state index contributed by atoms with van der Waals surface area (Å²) in [5.74, 6) is 0.134. The Morgan fingerprint density at radius 2 is 1.97 bits per heavy atom. The topological polar surface area (TPSA) is 49.4 Å². The van der Waals surface area contributed by atoms with Crippen LogP contribution in [0.5, 0.6) is 0 Å². The highest BCUT2D eigenvalue weighted by Gasteiger charge is 2.29. The molecule has 0 unspecified atom stereocenters. The van der Waals surface area contributed by atoms with E-state index < -0.39 is 6.04 Å². The van der Waals surface area contributed by atoms with Gasteiger partial charge in [-0.1, -0.05) is 65.9 Å². The fourth-order valence-electron chi connectivity index (χ4n) is 4.94. The van der Waals surface area contributed by atoms with E-state index in [1.165, 1.54) is 57.8 Å². The molecule has 1 aliphatic heterocycles. The van der Waals surface area contributed by atoms with Gasteiger partial charge < -0.3 is 15.0 Å². The normalized spacial score (nSPS) is 19.5. The number of unbranched alkanes of at least 4 members (excludes halogenated alkanes) is 2. The zero-order chi connectivity index (χ0) is 22.0. The molecule has 0 aromatic heterocycles. The Hall–Kier alpha value is -1.84. The second-order valence-electron chi connectivity index (χ2n) is 9.63. The van der Waals surface area contributed by atoms with E-state index in [4.69, 9.17) is 0 Å². The van der Waals surface area contributed by atoms with Gasteiger partial charge >= 0.3 is 0 Å². The first-order valence-electron chi connectivity index (χ1n) is 12.0. The molecule has 0 saturated heterocycles. The number of carbonyl (C=O) groups is 2. The van der Waals surface area contributed by atoms with E-state index in [1.807, 2.05) is 26.1 Å². The van der Waals surface area contributed by atoms with Gasteiger partial charge in [0.2, 0.25) is 0 Å². The Labute approximate surface area is 183 Å². The number of amides is 1. The molecular weight excluding hydrogens is 372 g/mol. The van der Waals surface area contributed by atoms with Gasteiger partial charge in [-0.25, -0.2) is 0 Å². The summed E-state index contributed by atoms with van der Waals surface area (Å²) in [4.78, 5) is 26.0. The molecule has 1 aliphatic carbocycles. The summed E-state index contributed by atoms with van der Waals surface area (Å²) in [5, 5.41) is 2.85. The molecule has 168 valence electrons. The van der Waals surface area contributed by atoms with Gasteiger partial charge in [0.1, 0.15) is 6.29 Å². The maximum atomic E-state index is 12.7. The third kappa shape index (κ3) is 7.14. The molecular formula is C26H42N2O2. The number of nitrogens with zero attached hydrogens (tertiary/aromatic N) is 1. The highest BCUT2D eigenvalue weighted by molar-refractivity contribution is 5.99. The van der Waals surface area contributed by atoms with Crippen LogP contribution in [0.2, 0.25) is 0 Å². The van der Waals surface area contributed by atoms with Crippen molar-refractivity contribution in [2.45, 2.75) is 97.4 Å². The highest BCUT2D eigenvalue weighted by atomic mass is 16.2. The summed E-state index contributed by atoms with van der Waals surface area (Å²) in [6.07, 6.45) is 20.5. The number of nitrogens with one attached hydrogen (secondary N) is 1. The summed E-state index contributed by atoms with van der Waals surface area (Å²) < 4.78 is 0. The van der Waals surface area contributed by atoms with Crippen LogP contribution in [-0.2, 0) is 9.59 Å². The van der Waals surface area contributed by atoms with Crippen molar-refractivity contribution in [3.63, 3.8) is 0 Å². The van der Waals surface area contributed by atoms with Crippen LogP contribution in [0.3, 0.4) is 0 Å². The highest BCUT2D eigenvalue weighted by Crippen LogP contribution is 2.43. The smallest absolute Gasteiger partial charge is 0.253 e. The van der Waals surface area contributed by atoms with Gasteiger partial charge in [-0.3, -0.25) is 4.79 Å². The van der Waals surface area contributed by atoms with Crippen LogP contribution in [0.25, 0.3) is 0 Å². The molecule has 1 N–H and O–H groups in total. The number of allylic oxidation sites excluding steroid dienone is 2. The lowest BCUT2D eigenvalue weighted by Gasteiger charge is -2.37. The van der Waals surface area contributed by atoms with E-state index >= 15 is 0 Å². The molecule has 2 aliphatic rings. The molecule has 4 heteroatoms. The molecule has 4 nitrogen and oxygen atoms in total. The molecule has 2 rings (SSSR count). The number of aldehydes is 1. The molecule has 0 aromatic carbocycles. The fourth-order valence-corrected chi connectivity index (χ4v) is 4.94. The fraction of sp³-hybridized carbons (Fsp3) is 0.692. The van der Waals surface area contributed by atoms with Gasteiger partial charge in [-0.05, 0) is 55.6 Å². The lowest BCUT2D eigenvalue weighted by Crippen LogP contribution is -2.39. The lowest BCUT2D eigenvalue weighted by atomic mass is 9.69. The van der Waals surface area contributed by atoms with Crippen molar-refractivity contribution in [3.05, 3.63) is 36.2 Å². The maximum Gasteiger partial charge on any atom is 0.253 e. The molecule has 0 radical (unpaired) electrons. The summed E-state index contributed by atoms with van der Waals surface area (Å²) in [6.45, 7) is 11.5. The average molecular weight is 415 g/mol. The Morgan fingerprint density at radius 3 is 2.60 bits per heavy atom. The number of rotatable bonds is 12. The maximum absolute atomic E-state index is 12.7. The minimum Gasteiger partial charge on any atom is -0.348 e. The SMILES string of the molecule is C=C1C(C(=O)N[C@H](C=O)CC(C)C)=CC=CN1CCCCCC1(CC)CCCCC1. The minimum atomic E-state index is -0.448. The van der Waals surface area contributed by atoms with Gasteiger partial charge in [0.05, 0.1) is 11.6 Å². The Bertz CT molecular complexity index is 641. The van der Waals surface area contributed by atoms with Crippen molar-refractivity contribution in [3.8, 4) is 0 Å². The van der Waals surface area contributed by atoms with Crippen molar-refractivity contribution in [1.82, 2.24) is 10.2 Å². The van der Waals surface area contributed by atoms with Crippen molar-refractivity contribution in [2.75, 3.05) is 6.54 Å². The quantitative estimate of drug-likeness (QED) is 0.319. The van der Waals surface area contributed by atoms with Crippen molar-refractivity contribution < 1.29 is 9.59 Å². The monoisotopic (exact) mass is 414 g/mol. The first-order chi connectivity index (χ1) is 14.4. The minimum absolute atomic E-state index is 0.214. The molecule has 1 saturated carbocycles. The molecule has 0 bridgehead atoms. The second kappa shape index (κ2) is 12.1. The second-order valence-corrected chi connectivity index (χ2v) is 9.63. The first-order valence-corrected chi connectivity index (χ1v) is 12.0. The molecule has 1 fully saturated rings. The van der Waals surface area contributed by atoms with E-state index in [9.17, 15) is 9.59 Å². The molecule has 30 heavy (non-hydrogen) atoms. The van der Waals surface area contributed by atoms with E-state index in [-0.39, 0.29) is 5.91 Å². The largest absolute Gasteiger partial charge is 0.348 e. The predicted molar refractivity (Wildman–Crippen MR) is 125 cm³/mol. The van der Waals surface area contributed by atoms with Crippen molar-refractivity contribution >= 4 is 12.2 Å². The summed E-state index contributed by atoms with van der Waals surface area (Å²) in [6, 6.07) is -0.448. The predicted octanol–water partition coefficient (Wildman–Crippen LogP) is 5.91. The van der Waals surface area contributed by atoms with Crippen molar-refractivity contribution in [1.29, 1.82) is 0 Å². The van der Waals surface area contributed by atoms with Crippen LogP contribution in [-0.4, -0.2) is 29.7 Å². The molecule has 0 spiro atoms. The Balaban J connectivity index is 1.77. The number of hydrogen-bond donors (Lipinski definition) is 1. The summed E-state index contributed by atoms with van der Waals surface area (Å²) >= 11 is 0. The van der Waals surface area contributed by atoms with Crippen LogP contribution >= 0.6 is 0 Å². The summed E-state index contributed by atoms with van der Waals surface area (Å²) in [7, 11) is 0. The van der Waals surface area contributed by atoms with E-state index in [0.717, 1.165) is 24.9 Å². The Kier molecular flexibility index (Phi) is 9.87. The third-order valence-corrected chi connectivity index (χ3v) is 6.91. The number of carbonyl (C=O) groups excluding carboxylic acids is 2. The van der Waals surface area contributed by atoms with Gasteiger partial charge in [0, 0.05) is 18.4 Å². The molecule has 1 heterocycles. The average Bonchev–Trinajstić information content (AvgIpc) is 2.74. The third-order valence-electron chi connectivity index (χ3n) is 6.91. The van der Waals surface area contributed by atoms with E-state index in [1.54, 1.807) is 6.08 Å². The number of hydrogen-bond acceptors (Lipinski definition) is 3.